The molecular weight excluding hydrogens is 450 g/mol. The molecule has 1 aliphatic heterocycles. The van der Waals surface area contributed by atoms with Gasteiger partial charge in [0.25, 0.3) is 5.91 Å². The third-order valence-electron chi connectivity index (χ3n) is 6.78. The highest BCUT2D eigenvalue weighted by molar-refractivity contribution is 5.95. The van der Waals surface area contributed by atoms with Crippen LogP contribution < -0.4 is 10.2 Å². The molecule has 1 amide bonds. The highest BCUT2D eigenvalue weighted by Gasteiger charge is 2.23. The van der Waals surface area contributed by atoms with Gasteiger partial charge >= 0.3 is 0 Å². The molecule has 0 radical (unpaired) electrons. The number of para-hydroxylation sites is 2. The minimum Gasteiger partial charge on any atom is -0.368 e. The zero-order valence-electron chi connectivity index (χ0n) is 20.3. The van der Waals surface area contributed by atoms with E-state index in [0.29, 0.717) is 30.1 Å². The summed E-state index contributed by atoms with van der Waals surface area (Å²) >= 11 is 0. The van der Waals surface area contributed by atoms with Crippen molar-refractivity contribution in [1.29, 1.82) is 0 Å². The Labute approximate surface area is 209 Å². The number of nitrogens with zero attached hydrogens (tertiary/aromatic N) is 6. The molecule has 1 aliphatic rings. The Hall–Kier alpha value is -4.46. The van der Waals surface area contributed by atoms with E-state index in [1.165, 1.54) is 16.8 Å². The van der Waals surface area contributed by atoms with Crippen molar-refractivity contribution < 1.29 is 4.79 Å². The molecule has 0 saturated carbocycles. The van der Waals surface area contributed by atoms with Crippen LogP contribution in [0.4, 0.5) is 17.2 Å². The summed E-state index contributed by atoms with van der Waals surface area (Å²) in [6, 6.07) is 22.0. The molecule has 1 N–H and O–H groups in total. The maximum atomic E-state index is 13.4. The van der Waals surface area contributed by atoms with Crippen LogP contribution in [0.2, 0.25) is 0 Å². The van der Waals surface area contributed by atoms with Crippen molar-refractivity contribution >= 4 is 39.8 Å². The molecule has 3 aromatic carbocycles. The van der Waals surface area contributed by atoms with Crippen molar-refractivity contribution in [2.75, 3.05) is 36.4 Å². The van der Waals surface area contributed by atoms with Gasteiger partial charge in [-0.2, -0.15) is 0 Å². The molecule has 0 atom stereocenters. The van der Waals surface area contributed by atoms with Crippen molar-refractivity contribution in [3.8, 4) is 0 Å². The minimum atomic E-state index is 0.0401. The number of hydrogen-bond donors (Lipinski definition) is 1. The topological polar surface area (TPSA) is 78.7 Å². The number of rotatable bonds is 4. The number of benzene rings is 3. The Morgan fingerprint density at radius 1 is 0.917 bits per heavy atom. The average molecular weight is 478 g/mol. The molecule has 8 nitrogen and oxygen atoms in total. The maximum absolute atomic E-state index is 13.4. The summed E-state index contributed by atoms with van der Waals surface area (Å²) in [5, 5.41) is 11.7. The Morgan fingerprint density at radius 2 is 1.75 bits per heavy atom. The van der Waals surface area contributed by atoms with Gasteiger partial charge in [-0.15, -0.1) is 10.2 Å². The largest absolute Gasteiger partial charge is 0.368 e. The monoisotopic (exact) mass is 477 g/mol. The van der Waals surface area contributed by atoms with E-state index in [2.05, 4.69) is 52.5 Å². The first-order valence-electron chi connectivity index (χ1n) is 12.1. The van der Waals surface area contributed by atoms with E-state index in [4.69, 9.17) is 4.98 Å². The molecule has 5 aromatic rings. The first-order chi connectivity index (χ1) is 17.6. The van der Waals surface area contributed by atoms with E-state index in [9.17, 15) is 4.79 Å². The number of fused-ring (bicyclic) bond motifs is 3. The third-order valence-corrected chi connectivity index (χ3v) is 6.78. The molecule has 3 heterocycles. The number of nitrogens with one attached hydrogen (secondary N) is 1. The minimum absolute atomic E-state index is 0.0401. The van der Waals surface area contributed by atoms with Crippen LogP contribution in [0, 0.1) is 13.8 Å². The van der Waals surface area contributed by atoms with Crippen LogP contribution in [-0.4, -0.2) is 56.6 Å². The Bertz CT molecular complexity index is 1580. The third kappa shape index (κ3) is 4.00. The molecule has 8 heteroatoms. The van der Waals surface area contributed by atoms with E-state index in [1.54, 1.807) is 6.33 Å². The molecule has 0 spiro atoms. The Balaban J connectivity index is 1.20. The lowest BCUT2D eigenvalue weighted by Gasteiger charge is -2.37. The summed E-state index contributed by atoms with van der Waals surface area (Å²) in [5.41, 5.74) is 7.61. The smallest absolute Gasteiger partial charge is 0.254 e. The molecular formula is C28H27N7O. The second-order valence-electron chi connectivity index (χ2n) is 9.25. The Kier molecular flexibility index (Phi) is 5.48. The van der Waals surface area contributed by atoms with Crippen LogP contribution >= 0.6 is 0 Å². The first-order valence-corrected chi connectivity index (χ1v) is 12.1. The maximum Gasteiger partial charge on any atom is 0.254 e. The van der Waals surface area contributed by atoms with Crippen LogP contribution in [0.15, 0.2) is 73.1 Å². The number of hydrogen-bond acceptors (Lipinski definition) is 6. The van der Waals surface area contributed by atoms with E-state index >= 15 is 0 Å². The van der Waals surface area contributed by atoms with E-state index in [-0.39, 0.29) is 5.91 Å². The second-order valence-corrected chi connectivity index (χ2v) is 9.25. The molecule has 2 aromatic heterocycles. The summed E-state index contributed by atoms with van der Waals surface area (Å²) in [4.78, 5) is 22.4. The van der Waals surface area contributed by atoms with E-state index in [1.807, 2.05) is 57.8 Å². The summed E-state index contributed by atoms with van der Waals surface area (Å²) < 4.78 is 1.91. The van der Waals surface area contributed by atoms with Gasteiger partial charge in [-0.1, -0.05) is 30.3 Å². The summed E-state index contributed by atoms with van der Waals surface area (Å²) in [6.07, 6.45) is 1.68. The number of carbonyl (C=O) groups excluding carboxylic acids is 1. The number of aryl methyl sites for hydroxylation is 2. The number of piperazine rings is 1. The van der Waals surface area contributed by atoms with Crippen LogP contribution in [0.25, 0.3) is 16.7 Å². The van der Waals surface area contributed by atoms with Gasteiger partial charge in [0.15, 0.2) is 5.82 Å². The van der Waals surface area contributed by atoms with Crippen molar-refractivity contribution in [3.63, 3.8) is 0 Å². The number of aromatic nitrogens is 4. The number of amides is 1. The van der Waals surface area contributed by atoms with Crippen molar-refractivity contribution in [2.24, 2.45) is 0 Å². The standard InChI is InChI=1S/C28H27N7O/c1-19-10-11-20(2)25(16-19)33-12-14-34(15-13-33)28(36)21-6-5-7-22(17-21)30-26-27-32-29-18-35(27)24-9-4-3-8-23(24)31-26/h3-11,16-18H,12-15H2,1-2H3,(H,30,31). The predicted molar refractivity (Wildman–Crippen MR) is 142 cm³/mol. The van der Waals surface area contributed by atoms with Crippen molar-refractivity contribution in [3.05, 3.63) is 89.7 Å². The van der Waals surface area contributed by atoms with Gasteiger partial charge in [-0.25, -0.2) is 4.98 Å². The normalized spacial score (nSPS) is 13.9. The lowest BCUT2D eigenvalue weighted by molar-refractivity contribution is 0.0747. The van der Waals surface area contributed by atoms with Gasteiger partial charge in [-0.3, -0.25) is 9.20 Å². The van der Waals surface area contributed by atoms with Gasteiger partial charge in [0.05, 0.1) is 11.0 Å². The number of anilines is 3. The molecule has 0 bridgehead atoms. The van der Waals surface area contributed by atoms with Crippen LogP contribution in [0.5, 0.6) is 0 Å². The zero-order chi connectivity index (χ0) is 24.6. The molecule has 180 valence electrons. The molecule has 0 aliphatic carbocycles. The van der Waals surface area contributed by atoms with E-state index < -0.39 is 0 Å². The summed E-state index contributed by atoms with van der Waals surface area (Å²) in [7, 11) is 0. The number of carbonyl (C=O) groups is 1. The van der Waals surface area contributed by atoms with Gasteiger partial charge in [-0.05, 0) is 61.4 Å². The lowest BCUT2D eigenvalue weighted by atomic mass is 10.1. The fourth-order valence-electron chi connectivity index (χ4n) is 4.85. The van der Waals surface area contributed by atoms with Crippen LogP contribution in [-0.2, 0) is 0 Å². The van der Waals surface area contributed by atoms with Crippen molar-refractivity contribution in [1.82, 2.24) is 24.5 Å². The van der Waals surface area contributed by atoms with E-state index in [0.717, 1.165) is 29.8 Å². The van der Waals surface area contributed by atoms with Crippen LogP contribution in [0.3, 0.4) is 0 Å². The molecule has 36 heavy (non-hydrogen) atoms. The lowest BCUT2D eigenvalue weighted by Crippen LogP contribution is -2.49. The van der Waals surface area contributed by atoms with Gasteiger partial charge in [0.2, 0.25) is 5.65 Å². The predicted octanol–water partition coefficient (Wildman–Crippen LogP) is 4.60. The highest BCUT2D eigenvalue weighted by Crippen LogP contribution is 2.25. The van der Waals surface area contributed by atoms with Gasteiger partial charge < -0.3 is 15.1 Å². The molecule has 6 rings (SSSR count). The zero-order valence-corrected chi connectivity index (χ0v) is 20.3. The van der Waals surface area contributed by atoms with Gasteiger partial charge in [0, 0.05) is 43.1 Å². The fraction of sp³-hybridized carbons (Fsp3) is 0.214. The SMILES string of the molecule is Cc1ccc(C)c(N2CCN(C(=O)c3cccc(Nc4nc5ccccc5n5cnnc45)c3)CC2)c1. The first kappa shape index (κ1) is 22.0. The molecule has 0 unspecified atom stereocenters. The Morgan fingerprint density at radius 3 is 2.61 bits per heavy atom. The van der Waals surface area contributed by atoms with Crippen molar-refractivity contribution in [2.45, 2.75) is 13.8 Å². The second kappa shape index (κ2) is 8.96. The molecule has 1 fully saturated rings. The summed E-state index contributed by atoms with van der Waals surface area (Å²) in [5.74, 6) is 0.635. The quantitative estimate of drug-likeness (QED) is 0.408. The average Bonchev–Trinajstić information content (AvgIpc) is 3.41. The molecule has 1 saturated heterocycles. The highest BCUT2D eigenvalue weighted by atomic mass is 16.2. The summed E-state index contributed by atoms with van der Waals surface area (Å²) in [6.45, 7) is 7.28. The van der Waals surface area contributed by atoms with Gasteiger partial charge in [0.1, 0.15) is 6.33 Å². The fourth-order valence-corrected chi connectivity index (χ4v) is 4.85. The van der Waals surface area contributed by atoms with Crippen LogP contribution in [0.1, 0.15) is 21.5 Å².